The Kier molecular flexibility index (Phi) is 3.69. The predicted octanol–water partition coefficient (Wildman–Crippen LogP) is 2.82. The molecule has 94 valence electrons. The van der Waals surface area contributed by atoms with Crippen LogP contribution in [0.5, 0.6) is 0 Å². The van der Waals surface area contributed by atoms with Crippen LogP contribution in [-0.2, 0) is 0 Å². The Labute approximate surface area is 109 Å². The molecule has 1 aromatic rings. The first-order valence-electron chi connectivity index (χ1n) is 6.20. The normalized spacial score (nSPS) is 23.7. The Morgan fingerprint density at radius 2 is 1.94 bits per heavy atom. The number of fused-ring (bicyclic) bond motifs is 1. The van der Waals surface area contributed by atoms with Gasteiger partial charge < -0.3 is 10.2 Å². The van der Waals surface area contributed by atoms with Crippen LogP contribution in [0, 0.1) is 13.8 Å². The molecule has 1 aromatic carbocycles. The van der Waals surface area contributed by atoms with Crippen molar-refractivity contribution < 1.29 is 0 Å². The van der Waals surface area contributed by atoms with Crippen LogP contribution in [0.2, 0.25) is 0 Å². The van der Waals surface area contributed by atoms with Crippen molar-refractivity contribution in [2.75, 3.05) is 25.5 Å². The number of thioether (sulfide) groups is 1. The van der Waals surface area contributed by atoms with Gasteiger partial charge in [-0.3, -0.25) is 0 Å². The number of hydrogen-bond donors (Lipinski definition) is 1. The molecule has 1 heterocycles. The highest BCUT2D eigenvalue weighted by molar-refractivity contribution is 8.00. The van der Waals surface area contributed by atoms with E-state index in [0.717, 1.165) is 6.54 Å². The molecular formula is C14H22N2S. The molecule has 1 N–H and O–H groups in total. The molecule has 3 heteroatoms. The van der Waals surface area contributed by atoms with Crippen molar-refractivity contribution in [2.45, 2.75) is 37.0 Å². The van der Waals surface area contributed by atoms with Gasteiger partial charge >= 0.3 is 0 Å². The Morgan fingerprint density at radius 1 is 1.29 bits per heavy atom. The number of anilines is 1. The van der Waals surface area contributed by atoms with Gasteiger partial charge in [0.25, 0.3) is 0 Å². The van der Waals surface area contributed by atoms with Gasteiger partial charge in [0.1, 0.15) is 0 Å². The van der Waals surface area contributed by atoms with Crippen LogP contribution in [0.3, 0.4) is 0 Å². The minimum atomic E-state index is 0.571. The molecule has 0 saturated carbocycles. The molecule has 0 fully saturated rings. The van der Waals surface area contributed by atoms with Crippen molar-refractivity contribution in [3.63, 3.8) is 0 Å². The van der Waals surface area contributed by atoms with E-state index in [4.69, 9.17) is 0 Å². The maximum Gasteiger partial charge on any atom is 0.0507 e. The Hall–Kier alpha value is -0.670. The lowest BCUT2D eigenvalue weighted by molar-refractivity contribution is 0.602. The molecule has 0 amide bonds. The summed E-state index contributed by atoms with van der Waals surface area (Å²) in [4.78, 5) is 3.84. The highest BCUT2D eigenvalue weighted by Gasteiger charge is 2.29. The van der Waals surface area contributed by atoms with Crippen LogP contribution in [0.4, 0.5) is 5.69 Å². The van der Waals surface area contributed by atoms with Gasteiger partial charge in [0, 0.05) is 29.8 Å². The highest BCUT2D eigenvalue weighted by atomic mass is 32.2. The minimum Gasteiger partial charge on any atom is -0.370 e. The molecule has 0 spiro atoms. The fraction of sp³-hybridized carbons (Fsp3) is 0.571. The summed E-state index contributed by atoms with van der Waals surface area (Å²) in [6, 6.07) is 5.23. The lowest BCUT2D eigenvalue weighted by atomic mass is 10.1. The van der Waals surface area contributed by atoms with Crippen LogP contribution in [0.25, 0.3) is 0 Å². The van der Waals surface area contributed by atoms with E-state index in [0.29, 0.717) is 11.3 Å². The van der Waals surface area contributed by atoms with E-state index in [1.807, 2.05) is 18.8 Å². The number of rotatable bonds is 2. The van der Waals surface area contributed by atoms with Gasteiger partial charge in [0.05, 0.1) is 5.69 Å². The Balaban J connectivity index is 2.38. The van der Waals surface area contributed by atoms with Gasteiger partial charge in [-0.15, -0.1) is 11.8 Å². The molecule has 0 aromatic heterocycles. The summed E-state index contributed by atoms with van der Waals surface area (Å²) in [5.41, 5.74) is 4.16. The van der Waals surface area contributed by atoms with E-state index >= 15 is 0 Å². The SMILES string of the molecule is CNCC1Sc2cc(C)c(C)cc2N(C)C1C. The number of nitrogens with zero attached hydrogens (tertiary/aromatic N) is 1. The van der Waals surface area contributed by atoms with E-state index in [1.54, 1.807) is 0 Å². The van der Waals surface area contributed by atoms with E-state index in [1.165, 1.54) is 21.7 Å². The van der Waals surface area contributed by atoms with Crippen LogP contribution in [-0.4, -0.2) is 31.9 Å². The van der Waals surface area contributed by atoms with Crippen LogP contribution >= 0.6 is 11.8 Å². The van der Waals surface area contributed by atoms with Crippen molar-refractivity contribution in [1.29, 1.82) is 0 Å². The molecule has 0 bridgehead atoms. The lowest BCUT2D eigenvalue weighted by Gasteiger charge is -2.39. The molecule has 2 atom stereocenters. The first-order chi connectivity index (χ1) is 8.04. The largest absolute Gasteiger partial charge is 0.370 e. The third-order valence-electron chi connectivity index (χ3n) is 3.79. The summed E-state index contributed by atoms with van der Waals surface area (Å²) in [6.07, 6.45) is 0. The molecule has 0 aliphatic carbocycles. The van der Waals surface area contributed by atoms with Gasteiger partial charge in [0.2, 0.25) is 0 Å². The van der Waals surface area contributed by atoms with Crippen molar-refractivity contribution in [2.24, 2.45) is 0 Å². The first-order valence-corrected chi connectivity index (χ1v) is 7.08. The third-order valence-corrected chi connectivity index (χ3v) is 5.23. The van der Waals surface area contributed by atoms with E-state index in [9.17, 15) is 0 Å². The van der Waals surface area contributed by atoms with Gasteiger partial charge in [-0.05, 0) is 51.1 Å². The molecule has 0 radical (unpaired) electrons. The molecule has 1 aliphatic heterocycles. The average molecular weight is 250 g/mol. The highest BCUT2D eigenvalue weighted by Crippen LogP contribution is 2.41. The summed E-state index contributed by atoms with van der Waals surface area (Å²) in [5.74, 6) is 0. The number of aryl methyl sites for hydroxylation is 2. The van der Waals surface area contributed by atoms with E-state index in [2.05, 4.69) is 50.2 Å². The van der Waals surface area contributed by atoms with Crippen LogP contribution in [0.1, 0.15) is 18.1 Å². The second-order valence-corrected chi connectivity index (χ2v) is 6.25. The number of benzene rings is 1. The summed E-state index contributed by atoms with van der Waals surface area (Å²) in [7, 11) is 4.24. The van der Waals surface area contributed by atoms with Gasteiger partial charge in [-0.2, -0.15) is 0 Å². The third kappa shape index (κ3) is 2.31. The fourth-order valence-electron chi connectivity index (χ4n) is 2.29. The quantitative estimate of drug-likeness (QED) is 0.869. The van der Waals surface area contributed by atoms with Crippen LogP contribution in [0.15, 0.2) is 17.0 Å². The average Bonchev–Trinajstić information content (AvgIpc) is 2.29. The summed E-state index contributed by atoms with van der Waals surface area (Å²) in [5, 5.41) is 3.92. The predicted molar refractivity (Wildman–Crippen MR) is 77.4 cm³/mol. The van der Waals surface area contributed by atoms with Crippen molar-refractivity contribution >= 4 is 17.4 Å². The van der Waals surface area contributed by atoms with Gasteiger partial charge in [0.15, 0.2) is 0 Å². The first kappa shape index (κ1) is 12.8. The summed E-state index contributed by atoms with van der Waals surface area (Å²) >= 11 is 2.01. The Morgan fingerprint density at radius 3 is 2.59 bits per heavy atom. The molecule has 1 aliphatic rings. The van der Waals surface area contributed by atoms with Crippen molar-refractivity contribution in [1.82, 2.24) is 5.32 Å². The zero-order chi connectivity index (χ0) is 12.6. The molecule has 2 unspecified atom stereocenters. The molecule has 17 heavy (non-hydrogen) atoms. The lowest BCUT2D eigenvalue weighted by Crippen LogP contribution is -2.44. The molecule has 0 saturated heterocycles. The maximum atomic E-state index is 3.30. The van der Waals surface area contributed by atoms with Gasteiger partial charge in [-0.25, -0.2) is 0 Å². The topological polar surface area (TPSA) is 15.3 Å². The standard InChI is InChI=1S/C14H22N2S/c1-9-6-12-13(7-10(9)2)17-14(8-15-4)11(3)16(12)5/h6-7,11,14-15H,8H2,1-5H3. The zero-order valence-electron chi connectivity index (χ0n) is 11.4. The maximum absolute atomic E-state index is 3.30. The molecular weight excluding hydrogens is 228 g/mol. The zero-order valence-corrected chi connectivity index (χ0v) is 12.2. The fourth-order valence-corrected chi connectivity index (χ4v) is 3.81. The monoisotopic (exact) mass is 250 g/mol. The number of hydrogen-bond acceptors (Lipinski definition) is 3. The van der Waals surface area contributed by atoms with Crippen molar-refractivity contribution in [3.05, 3.63) is 23.3 Å². The molecule has 2 rings (SSSR count). The Bertz CT molecular complexity index is 417. The van der Waals surface area contributed by atoms with E-state index < -0.39 is 0 Å². The smallest absolute Gasteiger partial charge is 0.0507 e. The van der Waals surface area contributed by atoms with Crippen molar-refractivity contribution in [3.8, 4) is 0 Å². The minimum absolute atomic E-state index is 0.571. The summed E-state index contributed by atoms with van der Waals surface area (Å²) < 4.78 is 0. The van der Waals surface area contributed by atoms with E-state index in [-0.39, 0.29) is 0 Å². The molecule has 2 nitrogen and oxygen atoms in total. The number of nitrogens with one attached hydrogen (secondary N) is 1. The van der Waals surface area contributed by atoms with Crippen LogP contribution < -0.4 is 10.2 Å². The van der Waals surface area contributed by atoms with Gasteiger partial charge in [-0.1, -0.05) is 0 Å². The second kappa shape index (κ2) is 4.91. The second-order valence-electron chi connectivity index (χ2n) is 4.97. The summed E-state index contributed by atoms with van der Waals surface area (Å²) in [6.45, 7) is 7.76.